The first-order valence-corrected chi connectivity index (χ1v) is 7.93. The number of carbonyl (C=O) groups is 4. The van der Waals surface area contributed by atoms with Crippen LogP contribution < -0.4 is 10.6 Å². The van der Waals surface area contributed by atoms with Gasteiger partial charge in [0.25, 0.3) is 0 Å². The highest BCUT2D eigenvalue weighted by molar-refractivity contribution is 6.09. The van der Waals surface area contributed by atoms with Crippen molar-refractivity contribution in [1.29, 1.82) is 0 Å². The van der Waals surface area contributed by atoms with Crippen molar-refractivity contribution >= 4 is 29.1 Å². The number of amides is 2. The van der Waals surface area contributed by atoms with Crippen molar-refractivity contribution in [2.24, 2.45) is 5.92 Å². The average molecular weight is 326 g/mol. The molecule has 1 aliphatic heterocycles. The van der Waals surface area contributed by atoms with Crippen LogP contribution in [0.4, 0.5) is 5.69 Å². The van der Waals surface area contributed by atoms with E-state index in [0.29, 0.717) is 41.8 Å². The molecule has 24 heavy (non-hydrogen) atoms. The zero-order valence-electron chi connectivity index (χ0n) is 13.3. The largest absolute Gasteiger partial charge is 0.329 e. The van der Waals surface area contributed by atoms with Crippen LogP contribution in [0.15, 0.2) is 35.5 Å². The van der Waals surface area contributed by atoms with Crippen LogP contribution >= 0.6 is 0 Å². The number of ketones is 2. The summed E-state index contributed by atoms with van der Waals surface area (Å²) in [7, 11) is 0. The van der Waals surface area contributed by atoms with E-state index in [4.69, 9.17) is 0 Å². The highest BCUT2D eigenvalue weighted by Gasteiger charge is 2.37. The summed E-state index contributed by atoms with van der Waals surface area (Å²) in [6, 6.07) is 6.52. The highest BCUT2D eigenvalue weighted by Crippen LogP contribution is 2.32. The highest BCUT2D eigenvalue weighted by atomic mass is 16.2. The monoisotopic (exact) mass is 326 g/mol. The van der Waals surface area contributed by atoms with Crippen LogP contribution in [-0.4, -0.2) is 23.4 Å². The average Bonchev–Trinajstić information content (AvgIpc) is 2.54. The second kappa shape index (κ2) is 6.39. The van der Waals surface area contributed by atoms with E-state index >= 15 is 0 Å². The molecule has 2 N–H and O–H groups in total. The molecule has 2 aliphatic rings. The molecule has 0 saturated heterocycles. The number of hydrogen-bond donors (Lipinski definition) is 2. The third kappa shape index (κ3) is 3.13. The molecule has 0 bridgehead atoms. The van der Waals surface area contributed by atoms with Crippen molar-refractivity contribution in [2.75, 3.05) is 5.32 Å². The smallest absolute Gasteiger partial charge is 0.232 e. The van der Waals surface area contributed by atoms with Gasteiger partial charge in [0, 0.05) is 35.4 Å². The van der Waals surface area contributed by atoms with Crippen molar-refractivity contribution in [3.63, 3.8) is 0 Å². The fourth-order valence-corrected chi connectivity index (χ4v) is 3.15. The maximum atomic E-state index is 12.6. The third-order valence-electron chi connectivity index (χ3n) is 4.36. The molecular weight excluding hydrogens is 308 g/mol. The van der Waals surface area contributed by atoms with Gasteiger partial charge in [-0.05, 0) is 44.0 Å². The van der Waals surface area contributed by atoms with Crippen LogP contribution in [0.5, 0.6) is 0 Å². The Kier molecular flexibility index (Phi) is 4.29. The van der Waals surface area contributed by atoms with E-state index in [1.807, 2.05) is 0 Å². The molecule has 3 rings (SSSR count). The van der Waals surface area contributed by atoms with E-state index < -0.39 is 5.92 Å². The maximum absolute atomic E-state index is 12.6. The van der Waals surface area contributed by atoms with Crippen LogP contribution in [0.3, 0.4) is 0 Å². The fraction of sp³-hybridized carbons (Fsp3) is 0.333. The maximum Gasteiger partial charge on any atom is 0.232 e. The number of nitrogens with one attached hydrogen (secondary N) is 2. The quantitative estimate of drug-likeness (QED) is 0.831. The zero-order valence-corrected chi connectivity index (χ0v) is 13.3. The molecule has 0 saturated carbocycles. The van der Waals surface area contributed by atoms with Gasteiger partial charge in [0.2, 0.25) is 11.8 Å². The summed E-state index contributed by atoms with van der Waals surface area (Å²) in [5.41, 5.74) is 2.12. The van der Waals surface area contributed by atoms with E-state index in [1.54, 1.807) is 24.3 Å². The van der Waals surface area contributed by atoms with E-state index in [2.05, 4.69) is 10.6 Å². The molecule has 0 unspecified atom stereocenters. The normalized spacial score (nSPS) is 20.3. The molecule has 2 amide bonds. The Labute approximate surface area is 139 Å². The third-order valence-corrected chi connectivity index (χ3v) is 4.36. The molecule has 1 aromatic rings. The minimum absolute atomic E-state index is 0.0259. The second-order valence-electron chi connectivity index (χ2n) is 6.10. The van der Waals surface area contributed by atoms with Crippen LogP contribution in [0.2, 0.25) is 0 Å². The van der Waals surface area contributed by atoms with Crippen molar-refractivity contribution < 1.29 is 19.2 Å². The van der Waals surface area contributed by atoms with Gasteiger partial charge in [-0.15, -0.1) is 0 Å². The molecule has 1 aromatic carbocycles. The number of benzene rings is 1. The lowest BCUT2D eigenvalue weighted by Crippen LogP contribution is -2.41. The Bertz CT molecular complexity index is 762. The Morgan fingerprint density at radius 1 is 1.12 bits per heavy atom. The van der Waals surface area contributed by atoms with Gasteiger partial charge in [0.15, 0.2) is 11.6 Å². The lowest BCUT2D eigenvalue weighted by atomic mass is 9.81. The summed E-state index contributed by atoms with van der Waals surface area (Å²) >= 11 is 0. The Morgan fingerprint density at radius 3 is 2.50 bits per heavy atom. The molecule has 0 fully saturated rings. The lowest BCUT2D eigenvalue weighted by molar-refractivity contribution is -0.128. The molecule has 6 heteroatoms. The number of allylic oxidation sites excluding steroid dienone is 1. The minimum Gasteiger partial charge on any atom is -0.329 e. The molecule has 1 atom stereocenters. The Morgan fingerprint density at radius 2 is 1.83 bits per heavy atom. The molecule has 1 aliphatic carbocycles. The van der Waals surface area contributed by atoms with Crippen molar-refractivity contribution in [3.8, 4) is 0 Å². The first-order valence-electron chi connectivity index (χ1n) is 7.93. The van der Waals surface area contributed by atoms with Crippen molar-refractivity contribution in [3.05, 3.63) is 41.1 Å². The molecule has 0 aromatic heterocycles. The van der Waals surface area contributed by atoms with Crippen LogP contribution in [-0.2, 0) is 14.4 Å². The summed E-state index contributed by atoms with van der Waals surface area (Å²) in [6.07, 6.45) is 1.69. The van der Waals surface area contributed by atoms with Gasteiger partial charge < -0.3 is 10.6 Å². The molecular formula is C18H18N2O4. The van der Waals surface area contributed by atoms with Gasteiger partial charge in [0.05, 0.1) is 5.92 Å². The molecule has 6 nitrogen and oxygen atoms in total. The minimum atomic E-state index is -0.756. The van der Waals surface area contributed by atoms with E-state index in [9.17, 15) is 19.2 Å². The van der Waals surface area contributed by atoms with Crippen molar-refractivity contribution in [1.82, 2.24) is 5.32 Å². The first kappa shape index (κ1) is 16.1. The topological polar surface area (TPSA) is 92.3 Å². The van der Waals surface area contributed by atoms with Crippen molar-refractivity contribution in [2.45, 2.75) is 32.6 Å². The number of Topliss-reactive ketones (excluding diaryl/α,β-unsaturated/α-hetero) is 2. The summed E-state index contributed by atoms with van der Waals surface area (Å²) in [5.74, 6) is -1.49. The Balaban J connectivity index is 1.81. The van der Waals surface area contributed by atoms with Gasteiger partial charge in [-0.3, -0.25) is 19.2 Å². The van der Waals surface area contributed by atoms with Gasteiger partial charge in [-0.2, -0.15) is 0 Å². The predicted octanol–water partition coefficient (Wildman–Crippen LogP) is 1.97. The standard InChI is InChI=1S/C18H18N2O4/c1-10(21)11-5-7-12(8-6-11)19-18(24)13-9-16(23)20-14-3-2-4-15(22)17(13)14/h5-8,13H,2-4,9H2,1H3,(H,19,24)(H,20,23)/t13-/m0/s1. The van der Waals surface area contributed by atoms with E-state index in [-0.39, 0.29) is 29.8 Å². The fourth-order valence-electron chi connectivity index (χ4n) is 3.15. The molecule has 0 spiro atoms. The first-order chi connectivity index (χ1) is 11.5. The van der Waals surface area contributed by atoms with Gasteiger partial charge in [-0.1, -0.05) is 0 Å². The predicted molar refractivity (Wildman–Crippen MR) is 87.2 cm³/mol. The van der Waals surface area contributed by atoms with E-state index in [0.717, 1.165) is 0 Å². The van der Waals surface area contributed by atoms with Crippen LogP contribution in [0, 0.1) is 5.92 Å². The lowest BCUT2D eigenvalue weighted by Gasteiger charge is -2.30. The molecule has 1 heterocycles. The number of carbonyl (C=O) groups excluding carboxylic acids is 4. The summed E-state index contributed by atoms with van der Waals surface area (Å²) < 4.78 is 0. The van der Waals surface area contributed by atoms with Crippen LogP contribution in [0.25, 0.3) is 0 Å². The number of anilines is 1. The number of hydrogen-bond acceptors (Lipinski definition) is 4. The molecule has 0 radical (unpaired) electrons. The number of rotatable bonds is 3. The SMILES string of the molecule is CC(=O)c1ccc(NC(=O)[C@H]2CC(=O)NC3=C2C(=O)CCC3)cc1. The van der Waals surface area contributed by atoms with Gasteiger partial charge in [0.1, 0.15) is 0 Å². The molecule has 124 valence electrons. The van der Waals surface area contributed by atoms with E-state index in [1.165, 1.54) is 6.92 Å². The van der Waals surface area contributed by atoms with Gasteiger partial charge in [-0.25, -0.2) is 0 Å². The van der Waals surface area contributed by atoms with Gasteiger partial charge >= 0.3 is 0 Å². The zero-order chi connectivity index (χ0) is 17.3. The summed E-state index contributed by atoms with van der Waals surface area (Å²) in [5, 5.41) is 5.46. The summed E-state index contributed by atoms with van der Waals surface area (Å²) in [6.45, 7) is 1.47. The second-order valence-corrected chi connectivity index (χ2v) is 6.10. The summed E-state index contributed by atoms with van der Waals surface area (Å²) in [4.78, 5) is 47.9. The van der Waals surface area contributed by atoms with Crippen LogP contribution in [0.1, 0.15) is 43.0 Å². The Hall–Kier alpha value is -2.76.